The van der Waals surface area contributed by atoms with Crippen molar-refractivity contribution in [3.8, 4) is 28.7 Å². The van der Waals surface area contributed by atoms with Crippen LogP contribution < -0.4 is 18.9 Å². The molecule has 0 radical (unpaired) electrons. The third kappa shape index (κ3) is 3.41. The summed E-state index contributed by atoms with van der Waals surface area (Å²) in [6, 6.07) is 6.70. The third-order valence-electron chi connectivity index (χ3n) is 5.54. The Hall–Kier alpha value is -2.67. The van der Waals surface area contributed by atoms with Gasteiger partial charge in [0.15, 0.2) is 17.3 Å². The van der Waals surface area contributed by atoms with E-state index in [9.17, 15) is 9.90 Å². The highest BCUT2D eigenvalue weighted by molar-refractivity contribution is 9.09. The highest BCUT2D eigenvalue weighted by atomic mass is 79.9. The van der Waals surface area contributed by atoms with Crippen molar-refractivity contribution in [1.82, 2.24) is 0 Å². The van der Waals surface area contributed by atoms with E-state index >= 15 is 0 Å². The fourth-order valence-electron chi connectivity index (χ4n) is 3.92. The summed E-state index contributed by atoms with van der Waals surface area (Å²) in [5.74, 6) is 1.64. The number of ether oxygens (including phenoxy) is 4. The molecular formula is C23H23BrO6. The molecular weight excluding hydrogens is 452 g/mol. The van der Waals surface area contributed by atoms with Gasteiger partial charge < -0.3 is 24.1 Å². The highest BCUT2D eigenvalue weighted by Crippen LogP contribution is 2.48. The number of methoxy groups -OCH3 is 2. The summed E-state index contributed by atoms with van der Waals surface area (Å²) in [7, 11) is 3.11. The maximum atomic E-state index is 13.5. The molecule has 2 heterocycles. The molecule has 0 saturated carbocycles. The predicted octanol–water partition coefficient (Wildman–Crippen LogP) is 4.41. The predicted molar refractivity (Wildman–Crippen MR) is 116 cm³/mol. The van der Waals surface area contributed by atoms with Gasteiger partial charge in [0.25, 0.3) is 0 Å². The van der Waals surface area contributed by atoms with Crippen molar-refractivity contribution >= 4 is 21.7 Å². The van der Waals surface area contributed by atoms with Crippen LogP contribution in [0.15, 0.2) is 35.9 Å². The van der Waals surface area contributed by atoms with Crippen molar-refractivity contribution in [2.45, 2.75) is 25.4 Å². The van der Waals surface area contributed by atoms with E-state index in [1.807, 2.05) is 13.0 Å². The molecule has 2 aromatic rings. The molecule has 30 heavy (non-hydrogen) atoms. The first-order chi connectivity index (χ1) is 14.5. The second kappa shape index (κ2) is 8.22. The highest BCUT2D eigenvalue weighted by Gasteiger charge is 2.44. The van der Waals surface area contributed by atoms with Crippen LogP contribution in [0.5, 0.6) is 28.7 Å². The second-order valence-corrected chi connectivity index (χ2v) is 7.94. The van der Waals surface area contributed by atoms with Crippen molar-refractivity contribution in [1.29, 1.82) is 0 Å². The van der Waals surface area contributed by atoms with Gasteiger partial charge in [0.2, 0.25) is 0 Å². The van der Waals surface area contributed by atoms with Crippen LogP contribution in [-0.4, -0.2) is 43.2 Å². The number of phenolic OH excluding ortho intramolecular Hbond substituents is 1. The lowest BCUT2D eigenvalue weighted by molar-refractivity contribution is 0.0553. The van der Waals surface area contributed by atoms with Crippen LogP contribution in [0.2, 0.25) is 0 Å². The van der Waals surface area contributed by atoms with Crippen LogP contribution in [0, 0.1) is 0 Å². The van der Waals surface area contributed by atoms with Crippen LogP contribution in [0.4, 0.5) is 0 Å². The summed E-state index contributed by atoms with van der Waals surface area (Å²) in [5, 5.41) is 11.2. The van der Waals surface area contributed by atoms with Gasteiger partial charge in [-0.2, -0.15) is 0 Å². The normalized spacial score (nSPS) is 19.7. The first-order valence-electron chi connectivity index (χ1n) is 9.64. The molecule has 2 atom stereocenters. The standard InChI is InChI=1S/C23H23BrO6/c1-12(10-24)4-5-13-16(25)7-6-14-22(26)21-15-8-18(27-2)19(28-3)9-17(15)29-11-20(21)30-23(13)14/h4,6-9,20-21,25H,5,10-11H2,1-3H3/b12-4-. The number of carbonyl (C=O) groups excluding carboxylic acids is 1. The first-order valence-corrected chi connectivity index (χ1v) is 10.8. The van der Waals surface area contributed by atoms with Crippen LogP contribution >= 0.6 is 15.9 Å². The van der Waals surface area contributed by atoms with Gasteiger partial charge in [0, 0.05) is 22.5 Å². The summed E-state index contributed by atoms with van der Waals surface area (Å²) in [6.45, 7) is 2.22. The number of phenols is 1. The number of carbonyl (C=O) groups is 1. The lowest BCUT2D eigenvalue weighted by Gasteiger charge is -2.38. The van der Waals surface area contributed by atoms with Crippen LogP contribution in [-0.2, 0) is 6.42 Å². The SMILES string of the molecule is COc1cc2c(cc1OC)C1C(=O)c3ccc(O)c(C/C=C(/C)CBr)c3OC1CO2. The molecule has 7 heteroatoms. The molecule has 0 aromatic heterocycles. The van der Waals surface area contributed by atoms with Crippen molar-refractivity contribution in [3.63, 3.8) is 0 Å². The fraction of sp³-hybridized carbons (Fsp3) is 0.348. The molecule has 158 valence electrons. The van der Waals surface area contributed by atoms with E-state index in [2.05, 4.69) is 15.9 Å². The lowest BCUT2D eigenvalue weighted by atomic mass is 9.81. The summed E-state index contributed by atoms with van der Waals surface area (Å²) < 4.78 is 22.9. The monoisotopic (exact) mass is 474 g/mol. The quantitative estimate of drug-likeness (QED) is 0.510. The van der Waals surface area contributed by atoms with Gasteiger partial charge in [-0.25, -0.2) is 0 Å². The summed E-state index contributed by atoms with van der Waals surface area (Å²) >= 11 is 3.42. The number of hydrogen-bond donors (Lipinski definition) is 1. The topological polar surface area (TPSA) is 74.2 Å². The number of benzene rings is 2. The number of hydrogen-bond acceptors (Lipinski definition) is 6. The van der Waals surface area contributed by atoms with Gasteiger partial charge in [-0.05, 0) is 31.5 Å². The molecule has 0 amide bonds. The maximum Gasteiger partial charge on any atom is 0.178 e. The van der Waals surface area contributed by atoms with E-state index in [-0.39, 0.29) is 18.1 Å². The number of alkyl halides is 1. The van der Waals surface area contributed by atoms with E-state index in [1.165, 1.54) is 0 Å². The van der Waals surface area contributed by atoms with Gasteiger partial charge in [0.05, 0.1) is 25.7 Å². The Kier molecular flexibility index (Phi) is 5.64. The molecule has 2 aliphatic rings. The van der Waals surface area contributed by atoms with Crippen molar-refractivity contribution in [2.75, 3.05) is 26.2 Å². The first kappa shape index (κ1) is 20.6. The minimum atomic E-state index is -0.515. The number of ketones is 1. The number of Topliss-reactive ketones (excluding diaryl/α,β-unsaturated/α-hetero) is 1. The van der Waals surface area contributed by atoms with E-state index in [0.29, 0.717) is 46.1 Å². The number of fused-ring (bicyclic) bond motifs is 4. The average Bonchev–Trinajstić information content (AvgIpc) is 2.76. The Morgan fingerprint density at radius 1 is 1.27 bits per heavy atom. The van der Waals surface area contributed by atoms with Crippen LogP contribution in [0.3, 0.4) is 0 Å². The van der Waals surface area contributed by atoms with Gasteiger partial charge in [-0.15, -0.1) is 0 Å². The zero-order valence-corrected chi connectivity index (χ0v) is 18.6. The summed E-state index contributed by atoms with van der Waals surface area (Å²) in [5.41, 5.74) is 2.92. The smallest absolute Gasteiger partial charge is 0.178 e. The van der Waals surface area contributed by atoms with Gasteiger partial charge in [0.1, 0.15) is 30.0 Å². The van der Waals surface area contributed by atoms with Gasteiger partial charge >= 0.3 is 0 Å². The summed E-state index contributed by atoms with van der Waals surface area (Å²) in [4.78, 5) is 13.5. The van der Waals surface area contributed by atoms with Crippen LogP contribution in [0.1, 0.15) is 34.3 Å². The van der Waals surface area contributed by atoms with E-state index < -0.39 is 12.0 Å². The zero-order valence-electron chi connectivity index (χ0n) is 17.0. The number of halogens is 1. The molecule has 0 bridgehead atoms. The van der Waals surface area contributed by atoms with Crippen molar-refractivity contribution in [2.24, 2.45) is 0 Å². The average molecular weight is 475 g/mol. The van der Waals surface area contributed by atoms with Crippen LogP contribution in [0.25, 0.3) is 0 Å². The van der Waals surface area contributed by atoms with Crippen molar-refractivity contribution < 1.29 is 28.8 Å². The minimum Gasteiger partial charge on any atom is -0.508 e. The third-order valence-corrected chi connectivity index (χ3v) is 6.43. The zero-order chi connectivity index (χ0) is 21.4. The Morgan fingerprint density at radius 2 is 2.00 bits per heavy atom. The molecule has 0 aliphatic carbocycles. The molecule has 4 rings (SSSR count). The number of allylic oxidation sites excluding steroid dienone is 2. The number of aromatic hydroxyl groups is 1. The molecule has 2 aromatic carbocycles. The van der Waals surface area contributed by atoms with E-state index in [1.54, 1.807) is 38.5 Å². The van der Waals surface area contributed by atoms with E-state index in [4.69, 9.17) is 18.9 Å². The molecule has 1 N–H and O–H groups in total. The Labute approximate surface area is 183 Å². The molecule has 0 saturated heterocycles. The van der Waals surface area contributed by atoms with Gasteiger partial charge in [-0.3, -0.25) is 4.79 Å². The molecule has 0 spiro atoms. The number of rotatable bonds is 5. The van der Waals surface area contributed by atoms with Crippen molar-refractivity contribution in [3.05, 3.63) is 52.6 Å². The lowest BCUT2D eigenvalue weighted by Crippen LogP contribution is -2.43. The van der Waals surface area contributed by atoms with Gasteiger partial charge in [-0.1, -0.05) is 27.6 Å². The van der Waals surface area contributed by atoms with E-state index in [0.717, 1.165) is 10.9 Å². The molecule has 2 aliphatic heterocycles. The second-order valence-electron chi connectivity index (χ2n) is 7.38. The fourth-order valence-corrected chi connectivity index (χ4v) is 4.15. The maximum absolute atomic E-state index is 13.5. The Balaban J connectivity index is 1.78. The Morgan fingerprint density at radius 3 is 2.70 bits per heavy atom. The molecule has 0 fully saturated rings. The molecule has 6 nitrogen and oxygen atoms in total. The summed E-state index contributed by atoms with van der Waals surface area (Å²) in [6.07, 6.45) is 1.99. The molecule has 2 unspecified atom stereocenters. The Bertz CT molecular complexity index is 1030. The minimum absolute atomic E-state index is 0.0551. The largest absolute Gasteiger partial charge is 0.508 e.